The van der Waals surface area contributed by atoms with Crippen LogP contribution < -0.4 is 5.32 Å². The minimum atomic E-state index is -0.231. The van der Waals surface area contributed by atoms with Crippen molar-refractivity contribution in [1.82, 2.24) is 10.1 Å². The molecule has 5 heteroatoms. The number of rotatable bonds is 4. The molecule has 1 N–H and O–H groups in total. The van der Waals surface area contributed by atoms with Crippen molar-refractivity contribution in [2.75, 3.05) is 18.4 Å². The van der Waals surface area contributed by atoms with E-state index in [1.165, 1.54) is 12.8 Å². The second-order valence-electron chi connectivity index (χ2n) is 5.86. The second-order valence-corrected chi connectivity index (χ2v) is 5.86. The molecule has 0 radical (unpaired) electrons. The maximum absolute atomic E-state index is 12.3. The summed E-state index contributed by atoms with van der Waals surface area (Å²) in [5.74, 6) is 0.512. The van der Waals surface area contributed by atoms with Gasteiger partial charge in [-0.3, -0.25) is 9.69 Å². The average Bonchev–Trinajstić information content (AvgIpc) is 3.16. The first kappa shape index (κ1) is 14.8. The molecule has 1 aliphatic rings. The van der Waals surface area contributed by atoms with Gasteiger partial charge in [0.15, 0.2) is 11.5 Å². The Balaban J connectivity index is 1.67. The zero-order valence-electron chi connectivity index (χ0n) is 13.1. The summed E-state index contributed by atoms with van der Waals surface area (Å²) < 4.78 is 5.29. The van der Waals surface area contributed by atoms with E-state index in [-0.39, 0.29) is 5.91 Å². The highest BCUT2D eigenvalue weighted by molar-refractivity contribution is 6.03. The Morgan fingerprint density at radius 3 is 2.86 bits per heavy atom. The molecule has 1 aromatic carbocycles. The molecule has 1 aliphatic heterocycles. The minimum absolute atomic E-state index is 0.231. The lowest BCUT2D eigenvalue weighted by molar-refractivity contribution is 0.101. The van der Waals surface area contributed by atoms with Crippen molar-refractivity contribution in [3.63, 3.8) is 0 Å². The maximum atomic E-state index is 12.3. The normalized spacial score (nSPS) is 15.2. The van der Waals surface area contributed by atoms with E-state index < -0.39 is 0 Å². The fraction of sp³-hybridized carbons (Fsp3) is 0.412. The van der Waals surface area contributed by atoms with Crippen LogP contribution in [-0.2, 0) is 6.54 Å². The first-order valence-corrected chi connectivity index (χ1v) is 7.69. The van der Waals surface area contributed by atoms with E-state index in [1.54, 1.807) is 6.07 Å². The molecule has 116 valence electrons. The first-order chi connectivity index (χ1) is 10.6. The van der Waals surface area contributed by atoms with Gasteiger partial charge in [-0.15, -0.1) is 0 Å². The number of aryl methyl sites for hydroxylation is 1. The van der Waals surface area contributed by atoms with Crippen LogP contribution >= 0.6 is 0 Å². The van der Waals surface area contributed by atoms with Gasteiger partial charge in [0.25, 0.3) is 5.91 Å². The van der Waals surface area contributed by atoms with E-state index in [9.17, 15) is 4.79 Å². The Morgan fingerprint density at radius 1 is 1.32 bits per heavy atom. The van der Waals surface area contributed by atoms with Crippen LogP contribution in [0.2, 0.25) is 0 Å². The van der Waals surface area contributed by atoms with Gasteiger partial charge < -0.3 is 9.84 Å². The number of nitrogens with one attached hydrogen (secondary N) is 1. The number of carbonyl (C=O) groups is 1. The van der Waals surface area contributed by atoms with E-state index in [0.29, 0.717) is 5.69 Å². The molecule has 0 saturated carbocycles. The molecule has 1 aromatic heterocycles. The number of amides is 1. The molecule has 0 atom stereocenters. The van der Waals surface area contributed by atoms with E-state index in [2.05, 4.69) is 15.4 Å². The van der Waals surface area contributed by atoms with E-state index in [4.69, 9.17) is 4.52 Å². The molecule has 3 rings (SSSR count). The standard InChI is InChI=1S/C17H21N3O2/c1-12-6-5-7-15(13(12)2)18-17(21)16-10-14(22-19-16)11-20-8-3-4-9-20/h5-7,10H,3-4,8-9,11H2,1-2H3,(H,18,21). The smallest absolute Gasteiger partial charge is 0.277 e. The molecule has 5 nitrogen and oxygen atoms in total. The minimum Gasteiger partial charge on any atom is -0.359 e. The fourth-order valence-electron chi connectivity index (χ4n) is 2.73. The maximum Gasteiger partial charge on any atom is 0.277 e. The number of aromatic nitrogens is 1. The van der Waals surface area contributed by atoms with Crippen LogP contribution in [0.1, 0.15) is 40.2 Å². The molecule has 0 aliphatic carbocycles. The predicted molar refractivity (Wildman–Crippen MR) is 84.9 cm³/mol. The van der Waals surface area contributed by atoms with E-state index in [1.807, 2.05) is 32.0 Å². The van der Waals surface area contributed by atoms with Crippen LogP contribution in [0, 0.1) is 13.8 Å². The summed E-state index contributed by atoms with van der Waals surface area (Å²) >= 11 is 0. The third-order valence-electron chi connectivity index (χ3n) is 4.22. The second kappa shape index (κ2) is 6.32. The van der Waals surface area contributed by atoms with Crippen molar-refractivity contribution >= 4 is 11.6 Å². The van der Waals surface area contributed by atoms with Crippen LogP contribution in [0.5, 0.6) is 0 Å². The van der Waals surface area contributed by atoms with E-state index >= 15 is 0 Å². The number of carbonyl (C=O) groups excluding carboxylic acids is 1. The Labute approximate surface area is 130 Å². The van der Waals surface area contributed by atoms with Gasteiger partial charge in [-0.05, 0) is 57.0 Å². The summed E-state index contributed by atoms with van der Waals surface area (Å²) in [6, 6.07) is 7.58. The fourth-order valence-corrected chi connectivity index (χ4v) is 2.73. The number of likely N-dealkylation sites (tertiary alicyclic amines) is 1. The lowest BCUT2D eigenvalue weighted by atomic mass is 10.1. The summed E-state index contributed by atoms with van der Waals surface area (Å²) in [4.78, 5) is 14.6. The van der Waals surface area contributed by atoms with Crippen molar-refractivity contribution in [3.05, 3.63) is 46.8 Å². The molecule has 1 amide bonds. The third kappa shape index (κ3) is 3.20. The predicted octanol–water partition coefficient (Wildman–Crippen LogP) is 3.14. The Bertz CT molecular complexity index is 672. The number of anilines is 1. The largest absolute Gasteiger partial charge is 0.359 e. The van der Waals surface area contributed by atoms with Crippen molar-refractivity contribution < 1.29 is 9.32 Å². The van der Waals surface area contributed by atoms with Gasteiger partial charge in [0.1, 0.15) is 0 Å². The van der Waals surface area contributed by atoms with Crippen molar-refractivity contribution in [1.29, 1.82) is 0 Å². The van der Waals surface area contributed by atoms with Crippen LogP contribution in [-0.4, -0.2) is 29.1 Å². The summed E-state index contributed by atoms with van der Waals surface area (Å²) in [5.41, 5.74) is 3.36. The zero-order chi connectivity index (χ0) is 15.5. The number of nitrogens with zero attached hydrogens (tertiary/aromatic N) is 2. The van der Waals surface area contributed by atoms with Crippen molar-refractivity contribution in [2.45, 2.75) is 33.2 Å². The molecule has 22 heavy (non-hydrogen) atoms. The number of hydrogen-bond acceptors (Lipinski definition) is 4. The van der Waals surface area contributed by atoms with Gasteiger partial charge >= 0.3 is 0 Å². The van der Waals surface area contributed by atoms with Crippen LogP contribution in [0.15, 0.2) is 28.8 Å². The molecule has 1 saturated heterocycles. The van der Waals surface area contributed by atoms with E-state index in [0.717, 1.165) is 42.2 Å². The zero-order valence-corrected chi connectivity index (χ0v) is 13.1. The van der Waals surface area contributed by atoms with Gasteiger partial charge in [-0.1, -0.05) is 17.3 Å². The molecular weight excluding hydrogens is 278 g/mol. The number of benzene rings is 1. The summed E-state index contributed by atoms with van der Waals surface area (Å²) in [7, 11) is 0. The van der Waals surface area contributed by atoms with Crippen LogP contribution in [0.3, 0.4) is 0 Å². The molecule has 0 spiro atoms. The molecule has 0 bridgehead atoms. The molecular formula is C17H21N3O2. The van der Waals surface area contributed by atoms with Crippen LogP contribution in [0.25, 0.3) is 0 Å². The highest BCUT2D eigenvalue weighted by Crippen LogP contribution is 2.19. The molecule has 1 fully saturated rings. The van der Waals surface area contributed by atoms with Crippen LogP contribution in [0.4, 0.5) is 5.69 Å². The van der Waals surface area contributed by atoms with Gasteiger partial charge in [-0.25, -0.2) is 0 Å². The lowest BCUT2D eigenvalue weighted by Gasteiger charge is -2.10. The summed E-state index contributed by atoms with van der Waals surface area (Å²) in [5, 5.41) is 6.79. The summed E-state index contributed by atoms with van der Waals surface area (Å²) in [6.45, 7) is 6.92. The Kier molecular flexibility index (Phi) is 4.24. The first-order valence-electron chi connectivity index (χ1n) is 7.69. The Hall–Kier alpha value is -2.14. The van der Waals surface area contributed by atoms with Gasteiger partial charge in [0.2, 0.25) is 0 Å². The highest BCUT2D eigenvalue weighted by Gasteiger charge is 2.17. The molecule has 2 heterocycles. The van der Waals surface area contributed by atoms with Gasteiger partial charge in [0.05, 0.1) is 6.54 Å². The summed E-state index contributed by atoms with van der Waals surface area (Å²) in [6.07, 6.45) is 2.46. The lowest BCUT2D eigenvalue weighted by Crippen LogP contribution is -2.18. The quantitative estimate of drug-likeness (QED) is 0.942. The molecule has 0 unspecified atom stereocenters. The highest BCUT2D eigenvalue weighted by atomic mass is 16.5. The number of hydrogen-bond donors (Lipinski definition) is 1. The third-order valence-corrected chi connectivity index (χ3v) is 4.22. The average molecular weight is 299 g/mol. The van der Waals surface area contributed by atoms with Gasteiger partial charge in [-0.2, -0.15) is 0 Å². The van der Waals surface area contributed by atoms with Crippen molar-refractivity contribution in [3.8, 4) is 0 Å². The topological polar surface area (TPSA) is 58.4 Å². The monoisotopic (exact) mass is 299 g/mol. The van der Waals surface area contributed by atoms with Gasteiger partial charge in [0, 0.05) is 11.8 Å². The SMILES string of the molecule is Cc1cccc(NC(=O)c2cc(CN3CCCC3)on2)c1C. The molecule has 2 aromatic rings. The van der Waals surface area contributed by atoms with Crippen molar-refractivity contribution in [2.24, 2.45) is 0 Å². The Morgan fingerprint density at radius 2 is 2.09 bits per heavy atom.